The Hall–Kier alpha value is -1.21. The zero-order valence-electron chi connectivity index (χ0n) is 38.5. The van der Waals surface area contributed by atoms with E-state index in [0.29, 0.717) is 0 Å². The quantitative estimate of drug-likeness (QED) is 0.0292. The molecule has 0 aromatic heterocycles. The molecule has 0 atom stereocenters. The second-order valence-electron chi connectivity index (χ2n) is 17.3. The number of benzene rings is 4. The molecule has 4 aromatic rings. The summed E-state index contributed by atoms with van der Waals surface area (Å²) in [6, 6.07) is 18.9. The van der Waals surface area contributed by atoms with Crippen LogP contribution in [-0.4, -0.2) is 74.8 Å². The van der Waals surface area contributed by atoms with Crippen molar-refractivity contribution in [2.75, 3.05) is 0 Å². The Morgan fingerprint density at radius 2 is 0.639 bits per heavy atom. The maximum absolute atomic E-state index is 11.6. The molecular weight excluding hydrogens is 922 g/mol. The Labute approximate surface area is 412 Å². The van der Waals surface area contributed by atoms with Crippen molar-refractivity contribution in [3.05, 3.63) is 82.9 Å². The van der Waals surface area contributed by atoms with Crippen molar-refractivity contribution in [2.24, 2.45) is 0 Å². The van der Waals surface area contributed by atoms with Gasteiger partial charge in [-0.25, -0.2) is 16.8 Å². The van der Waals surface area contributed by atoms with Crippen molar-refractivity contribution < 1.29 is 25.9 Å². The van der Waals surface area contributed by atoms with Crippen LogP contribution < -0.4 is 0 Å². The van der Waals surface area contributed by atoms with Crippen LogP contribution in [0.4, 0.5) is 0 Å². The van der Waals surface area contributed by atoms with Crippen LogP contribution in [0, 0.1) is 0 Å². The van der Waals surface area contributed by atoms with Crippen LogP contribution in [0.15, 0.2) is 70.5 Å². The standard InChI is InChI=1S/2C26H40O3S.Ba/c2*1-3-5-7-9-11-13-15-22-17-18-24-21-25(30(27,28)29)20-23(26(24)19-22)16-14-12-10-8-6-4-2;/h2*17-21H,3-16H2,1-2H3,(H,27,28,29);/q;;+2/p-2. The summed E-state index contributed by atoms with van der Waals surface area (Å²) >= 11 is 0. The van der Waals surface area contributed by atoms with Gasteiger partial charge in [0.25, 0.3) is 0 Å². The molecule has 0 fully saturated rings. The zero-order valence-corrected chi connectivity index (χ0v) is 44.6. The molecule has 61 heavy (non-hydrogen) atoms. The molecule has 0 saturated carbocycles. The molecule has 0 saturated heterocycles. The number of hydrogen-bond donors (Lipinski definition) is 0. The fraction of sp³-hybridized carbons (Fsp3) is 0.615. The van der Waals surface area contributed by atoms with Gasteiger partial charge in [-0.2, -0.15) is 0 Å². The van der Waals surface area contributed by atoms with E-state index >= 15 is 0 Å². The van der Waals surface area contributed by atoms with E-state index in [-0.39, 0.29) is 58.7 Å². The number of aryl methyl sites for hydroxylation is 4. The van der Waals surface area contributed by atoms with Gasteiger partial charge in [-0.1, -0.05) is 193 Å². The minimum atomic E-state index is -4.44. The van der Waals surface area contributed by atoms with Crippen molar-refractivity contribution in [2.45, 2.75) is 217 Å². The SMILES string of the molecule is CCCCCCCCc1ccc2cc(S(=O)(=O)[O-])cc(CCCCCCCC)c2c1.CCCCCCCCc1ccc2cc(S(=O)(=O)[O-])cc(CCCCCCCC)c2c1.[Ba+2]. The van der Waals surface area contributed by atoms with E-state index in [4.69, 9.17) is 0 Å². The van der Waals surface area contributed by atoms with Gasteiger partial charge in [0, 0.05) is 0 Å². The number of unbranched alkanes of at least 4 members (excludes halogenated alkanes) is 20. The Balaban J connectivity index is 0.000000413. The molecule has 336 valence electrons. The summed E-state index contributed by atoms with van der Waals surface area (Å²) in [5.74, 6) is 0. The maximum Gasteiger partial charge on any atom is 2.00 e. The van der Waals surface area contributed by atoms with E-state index in [0.717, 1.165) is 84.0 Å². The molecule has 0 unspecified atom stereocenters. The van der Waals surface area contributed by atoms with Crippen LogP contribution in [0.2, 0.25) is 0 Å². The monoisotopic (exact) mass is 1000 g/mol. The predicted molar refractivity (Wildman–Crippen MR) is 258 cm³/mol. The molecule has 4 aromatic carbocycles. The summed E-state index contributed by atoms with van der Waals surface area (Å²) in [5.41, 5.74) is 4.62. The van der Waals surface area contributed by atoms with E-state index in [9.17, 15) is 25.9 Å². The van der Waals surface area contributed by atoms with Crippen molar-refractivity contribution in [1.82, 2.24) is 0 Å². The second-order valence-corrected chi connectivity index (χ2v) is 20.0. The number of rotatable bonds is 30. The molecule has 0 aliphatic heterocycles. The van der Waals surface area contributed by atoms with E-state index in [2.05, 4.69) is 52.0 Å². The van der Waals surface area contributed by atoms with Gasteiger partial charge in [-0.05, 0) is 119 Å². The fourth-order valence-corrected chi connectivity index (χ4v) is 9.44. The van der Waals surface area contributed by atoms with Crippen molar-refractivity contribution >= 4 is 90.7 Å². The molecule has 0 aliphatic rings. The van der Waals surface area contributed by atoms with Crippen molar-refractivity contribution in [3.8, 4) is 0 Å². The van der Waals surface area contributed by atoms with Gasteiger partial charge in [0.15, 0.2) is 0 Å². The van der Waals surface area contributed by atoms with Gasteiger partial charge < -0.3 is 9.11 Å². The molecule has 9 heteroatoms. The minimum absolute atomic E-state index is 0. The summed E-state index contributed by atoms with van der Waals surface area (Å²) in [7, 11) is -8.89. The number of hydrogen-bond acceptors (Lipinski definition) is 6. The van der Waals surface area contributed by atoms with Crippen LogP contribution in [0.5, 0.6) is 0 Å². The van der Waals surface area contributed by atoms with Gasteiger partial charge in [0.05, 0.1) is 9.79 Å². The van der Waals surface area contributed by atoms with Crippen LogP contribution in [-0.2, 0) is 45.9 Å². The maximum atomic E-state index is 11.6. The third-order valence-electron chi connectivity index (χ3n) is 12.0. The first kappa shape index (κ1) is 55.9. The van der Waals surface area contributed by atoms with Gasteiger partial charge in [0.2, 0.25) is 0 Å². The van der Waals surface area contributed by atoms with Crippen LogP contribution in [0.1, 0.15) is 204 Å². The zero-order chi connectivity index (χ0) is 43.6. The molecule has 0 aliphatic carbocycles. The average Bonchev–Trinajstić information content (AvgIpc) is 3.22. The molecule has 0 bridgehead atoms. The fourth-order valence-electron chi connectivity index (χ4n) is 8.33. The van der Waals surface area contributed by atoms with E-state index in [1.807, 2.05) is 12.1 Å². The smallest absolute Gasteiger partial charge is 0.744 e. The largest absolute Gasteiger partial charge is 2.00 e. The third-order valence-corrected chi connectivity index (χ3v) is 13.6. The Bertz CT molecular complexity index is 1900. The van der Waals surface area contributed by atoms with E-state index < -0.39 is 20.2 Å². The van der Waals surface area contributed by atoms with E-state index in [1.54, 1.807) is 12.1 Å². The summed E-state index contributed by atoms with van der Waals surface area (Å²) in [6.07, 6.45) is 33.4. The normalized spacial score (nSPS) is 11.8. The average molecular weight is 1000 g/mol. The molecule has 4 rings (SSSR count). The third kappa shape index (κ3) is 22.0. The second kappa shape index (κ2) is 31.6. The molecule has 0 N–H and O–H groups in total. The first-order chi connectivity index (χ1) is 28.9. The molecule has 6 nitrogen and oxygen atoms in total. The summed E-state index contributed by atoms with van der Waals surface area (Å²) in [5, 5.41) is 3.94. The number of fused-ring (bicyclic) bond motifs is 2. The summed E-state index contributed by atoms with van der Waals surface area (Å²) in [4.78, 5) is -0.195. The predicted octanol–water partition coefficient (Wildman–Crippen LogP) is 14.7. The first-order valence-corrected chi connectivity index (χ1v) is 26.8. The van der Waals surface area contributed by atoms with Crippen molar-refractivity contribution in [3.63, 3.8) is 0 Å². The van der Waals surface area contributed by atoms with Gasteiger partial charge in [0.1, 0.15) is 20.2 Å². The first-order valence-electron chi connectivity index (χ1n) is 23.9. The molecule has 0 radical (unpaired) electrons. The Kier molecular flexibility index (Phi) is 29.0. The van der Waals surface area contributed by atoms with Crippen molar-refractivity contribution in [1.29, 1.82) is 0 Å². The van der Waals surface area contributed by atoms with E-state index in [1.165, 1.54) is 152 Å². The van der Waals surface area contributed by atoms with Gasteiger partial charge >= 0.3 is 48.9 Å². The Morgan fingerprint density at radius 1 is 0.361 bits per heavy atom. The molecule has 0 spiro atoms. The van der Waals surface area contributed by atoms with Gasteiger partial charge in [-0.3, -0.25) is 0 Å². The van der Waals surface area contributed by atoms with Crippen LogP contribution in [0.25, 0.3) is 21.5 Å². The van der Waals surface area contributed by atoms with Crippen LogP contribution >= 0.6 is 0 Å². The minimum Gasteiger partial charge on any atom is -0.744 e. The molecule has 0 amide bonds. The summed E-state index contributed by atoms with van der Waals surface area (Å²) < 4.78 is 69.8. The molecular formula is C52H78BaO6S2. The van der Waals surface area contributed by atoms with Gasteiger partial charge in [-0.15, -0.1) is 0 Å². The van der Waals surface area contributed by atoms with Crippen LogP contribution in [0.3, 0.4) is 0 Å². The molecule has 0 heterocycles. The summed E-state index contributed by atoms with van der Waals surface area (Å²) in [6.45, 7) is 8.90. The topological polar surface area (TPSA) is 114 Å². The Morgan fingerprint density at radius 3 is 0.934 bits per heavy atom.